The Morgan fingerprint density at radius 3 is 3.15 bits per heavy atom. The van der Waals surface area contributed by atoms with E-state index in [1.165, 1.54) is 0 Å². The lowest BCUT2D eigenvalue weighted by Crippen LogP contribution is -2.47. The van der Waals surface area contributed by atoms with Crippen molar-refractivity contribution in [2.24, 2.45) is 0 Å². The summed E-state index contributed by atoms with van der Waals surface area (Å²) >= 11 is 6.13. The quantitative estimate of drug-likeness (QED) is 0.543. The van der Waals surface area contributed by atoms with Gasteiger partial charge in [0.2, 0.25) is 0 Å². The zero-order chi connectivity index (χ0) is 9.10. The molecule has 1 aliphatic heterocycles. The van der Waals surface area contributed by atoms with Crippen molar-refractivity contribution in [2.75, 3.05) is 11.6 Å². The number of nitrogens with one attached hydrogen (secondary N) is 1. The standard InChI is InChI=1S/C8H11ClN4/c9-8-2-1-4-12-13(8)7-3-5-10-11-6-7/h3,5-6,8,12H,1-2,4H2. The number of rotatable bonds is 1. The average Bonchev–Trinajstić information content (AvgIpc) is 2.20. The molecule has 0 spiro atoms. The average molecular weight is 199 g/mol. The highest BCUT2D eigenvalue weighted by Crippen LogP contribution is 2.20. The Hall–Kier alpha value is -0.870. The smallest absolute Gasteiger partial charge is 0.119 e. The van der Waals surface area contributed by atoms with Crippen LogP contribution in [0.2, 0.25) is 0 Å². The number of hydrazine groups is 1. The molecule has 0 amide bonds. The molecule has 0 saturated carbocycles. The summed E-state index contributed by atoms with van der Waals surface area (Å²) < 4.78 is 0. The van der Waals surface area contributed by atoms with Gasteiger partial charge in [-0.05, 0) is 18.9 Å². The first kappa shape index (κ1) is 8.72. The highest BCUT2D eigenvalue weighted by Gasteiger charge is 2.19. The molecule has 1 aliphatic rings. The molecule has 5 heteroatoms. The van der Waals surface area contributed by atoms with Crippen LogP contribution < -0.4 is 10.4 Å². The number of alkyl halides is 1. The van der Waals surface area contributed by atoms with E-state index in [0.29, 0.717) is 0 Å². The van der Waals surface area contributed by atoms with Gasteiger partial charge in [-0.3, -0.25) is 5.01 Å². The third-order valence-electron chi connectivity index (χ3n) is 2.03. The SMILES string of the molecule is ClC1CCCNN1c1ccnnc1. The van der Waals surface area contributed by atoms with Gasteiger partial charge < -0.3 is 0 Å². The summed E-state index contributed by atoms with van der Waals surface area (Å²) in [6, 6.07) is 1.89. The van der Waals surface area contributed by atoms with Crippen molar-refractivity contribution >= 4 is 17.3 Å². The van der Waals surface area contributed by atoms with Gasteiger partial charge in [-0.15, -0.1) is 0 Å². The summed E-state index contributed by atoms with van der Waals surface area (Å²) in [5, 5.41) is 9.45. The molecule has 70 valence electrons. The van der Waals surface area contributed by atoms with Gasteiger partial charge in [0.1, 0.15) is 5.50 Å². The minimum Gasteiger partial charge on any atom is -0.289 e. The zero-order valence-corrected chi connectivity index (χ0v) is 7.91. The third-order valence-corrected chi connectivity index (χ3v) is 2.44. The third kappa shape index (κ3) is 1.89. The van der Waals surface area contributed by atoms with Gasteiger partial charge in [0, 0.05) is 6.54 Å². The van der Waals surface area contributed by atoms with Gasteiger partial charge in [0.15, 0.2) is 0 Å². The normalized spacial score (nSPS) is 23.2. The van der Waals surface area contributed by atoms with E-state index in [2.05, 4.69) is 15.6 Å². The van der Waals surface area contributed by atoms with Crippen LogP contribution in [-0.2, 0) is 0 Å². The molecular weight excluding hydrogens is 188 g/mol. The molecule has 1 aromatic heterocycles. The van der Waals surface area contributed by atoms with Crippen LogP contribution in [0, 0.1) is 0 Å². The number of aromatic nitrogens is 2. The molecule has 1 unspecified atom stereocenters. The van der Waals surface area contributed by atoms with E-state index in [-0.39, 0.29) is 5.50 Å². The molecule has 1 aromatic rings. The highest BCUT2D eigenvalue weighted by atomic mass is 35.5. The van der Waals surface area contributed by atoms with E-state index in [1.54, 1.807) is 12.4 Å². The fourth-order valence-electron chi connectivity index (χ4n) is 1.38. The van der Waals surface area contributed by atoms with Crippen LogP contribution in [0.15, 0.2) is 18.5 Å². The van der Waals surface area contributed by atoms with Gasteiger partial charge in [0.25, 0.3) is 0 Å². The second-order valence-corrected chi connectivity index (χ2v) is 3.46. The van der Waals surface area contributed by atoms with Crippen LogP contribution in [0.5, 0.6) is 0 Å². The summed E-state index contributed by atoms with van der Waals surface area (Å²) in [6.07, 6.45) is 5.48. The first-order chi connectivity index (χ1) is 6.38. The minimum atomic E-state index is 0.0120. The van der Waals surface area contributed by atoms with Crippen molar-refractivity contribution in [3.8, 4) is 0 Å². The number of hydrogen-bond acceptors (Lipinski definition) is 4. The fraction of sp³-hybridized carbons (Fsp3) is 0.500. The Morgan fingerprint density at radius 1 is 1.54 bits per heavy atom. The maximum Gasteiger partial charge on any atom is 0.119 e. The predicted molar refractivity (Wildman–Crippen MR) is 51.4 cm³/mol. The van der Waals surface area contributed by atoms with Crippen molar-refractivity contribution in [3.63, 3.8) is 0 Å². The van der Waals surface area contributed by atoms with Crippen LogP contribution in [0.1, 0.15) is 12.8 Å². The first-order valence-electron chi connectivity index (χ1n) is 4.31. The molecule has 1 atom stereocenters. The fourth-order valence-corrected chi connectivity index (χ4v) is 1.71. The van der Waals surface area contributed by atoms with Crippen LogP contribution >= 0.6 is 11.6 Å². The van der Waals surface area contributed by atoms with Crippen molar-refractivity contribution in [3.05, 3.63) is 18.5 Å². The summed E-state index contributed by atoms with van der Waals surface area (Å²) in [5.41, 5.74) is 4.20. The number of nitrogens with zero attached hydrogens (tertiary/aromatic N) is 3. The van der Waals surface area contributed by atoms with E-state index in [4.69, 9.17) is 11.6 Å². The topological polar surface area (TPSA) is 41.0 Å². The van der Waals surface area contributed by atoms with Crippen molar-refractivity contribution < 1.29 is 0 Å². The summed E-state index contributed by atoms with van der Waals surface area (Å²) in [6.45, 7) is 0.964. The Kier molecular flexibility index (Phi) is 2.61. The lowest BCUT2D eigenvalue weighted by atomic mass is 10.2. The molecule has 13 heavy (non-hydrogen) atoms. The molecule has 1 N–H and O–H groups in total. The first-order valence-corrected chi connectivity index (χ1v) is 4.75. The van der Waals surface area contributed by atoms with Gasteiger partial charge in [0.05, 0.1) is 18.1 Å². The van der Waals surface area contributed by atoms with E-state index >= 15 is 0 Å². The molecule has 4 nitrogen and oxygen atoms in total. The highest BCUT2D eigenvalue weighted by molar-refractivity contribution is 6.21. The van der Waals surface area contributed by atoms with Crippen molar-refractivity contribution in [1.82, 2.24) is 15.6 Å². The molecule has 0 aromatic carbocycles. The molecule has 0 aliphatic carbocycles. The molecule has 0 radical (unpaired) electrons. The summed E-state index contributed by atoms with van der Waals surface area (Å²) in [7, 11) is 0. The van der Waals surface area contributed by atoms with E-state index in [0.717, 1.165) is 25.1 Å². The minimum absolute atomic E-state index is 0.0120. The van der Waals surface area contributed by atoms with Gasteiger partial charge in [-0.1, -0.05) is 11.6 Å². The summed E-state index contributed by atoms with van der Waals surface area (Å²) in [4.78, 5) is 0. The molecular formula is C8H11ClN4. The zero-order valence-electron chi connectivity index (χ0n) is 7.15. The maximum absolute atomic E-state index is 6.13. The molecule has 0 bridgehead atoms. The molecule has 2 rings (SSSR count). The second-order valence-electron chi connectivity index (χ2n) is 2.96. The van der Waals surface area contributed by atoms with E-state index in [9.17, 15) is 0 Å². The second kappa shape index (κ2) is 3.89. The maximum atomic E-state index is 6.13. The van der Waals surface area contributed by atoms with Crippen LogP contribution in [0.3, 0.4) is 0 Å². The van der Waals surface area contributed by atoms with Gasteiger partial charge in [-0.2, -0.15) is 10.2 Å². The number of halogens is 1. The lowest BCUT2D eigenvalue weighted by molar-refractivity contribution is 0.482. The van der Waals surface area contributed by atoms with Crippen molar-refractivity contribution in [1.29, 1.82) is 0 Å². The number of hydrogen-bond donors (Lipinski definition) is 1. The van der Waals surface area contributed by atoms with Crippen molar-refractivity contribution in [2.45, 2.75) is 18.3 Å². The Balaban J connectivity index is 2.15. The molecule has 1 fully saturated rings. The lowest BCUT2D eigenvalue weighted by Gasteiger charge is -2.33. The Bertz CT molecular complexity index is 266. The van der Waals surface area contributed by atoms with Gasteiger partial charge in [-0.25, -0.2) is 5.43 Å². The largest absolute Gasteiger partial charge is 0.289 e. The van der Waals surface area contributed by atoms with Gasteiger partial charge >= 0.3 is 0 Å². The molecule has 2 heterocycles. The monoisotopic (exact) mass is 198 g/mol. The van der Waals surface area contributed by atoms with Crippen LogP contribution in [-0.4, -0.2) is 22.2 Å². The van der Waals surface area contributed by atoms with E-state index < -0.39 is 0 Å². The number of anilines is 1. The summed E-state index contributed by atoms with van der Waals surface area (Å²) in [5.74, 6) is 0. The van der Waals surface area contributed by atoms with Crippen LogP contribution in [0.25, 0.3) is 0 Å². The Morgan fingerprint density at radius 2 is 2.46 bits per heavy atom. The molecule has 1 saturated heterocycles. The van der Waals surface area contributed by atoms with Crippen LogP contribution in [0.4, 0.5) is 5.69 Å². The Labute approximate surface area is 81.9 Å². The predicted octanol–water partition coefficient (Wildman–Crippen LogP) is 1.15. The van der Waals surface area contributed by atoms with E-state index in [1.807, 2.05) is 11.1 Å².